The van der Waals surface area contributed by atoms with Gasteiger partial charge in [0.05, 0.1) is 6.54 Å². The van der Waals surface area contributed by atoms with E-state index in [0.29, 0.717) is 0 Å². The molecule has 10 nitrogen and oxygen atoms in total. The molecule has 0 saturated carbocycles. The largest absolute Gasteiger partial charge is 0.480 e. The molecule has 0 spiro atoms. The molecular weight excluding hydrogens is 502 g/mol. The van der Waals surface area contributed by atoms with Gasteiger partial charge in [-0.1, -0.05) is 62.4 Å². The summed E-state index contributed by atoms with van der Waals surface area (Å²) in [6.07, 6.45) is -1.47. The minimum absolute atomic E-state index is 0.000158. The van der Waals surface area contributed by atoms with Gasteiger partial charge in [-0.3, -0.25) is 4.79 Å². The van der Waals surface area contributed by atoms with E-state index in [9.17, 15) is 24.3 Å². The van der Waals surface area contributed by atoms with E-state index in [1.807, 2.05) is 62.4 Å². The smallest absolute Gasteiger partial charge is 0.407 e. The fourth-order valence-electron chi connectivity index (χ4n) is 4.46. The lowest BCUT2D eigenvalue weighted by molar-refractivity contribution is -0.142. The maximum Gasteiger partial charge on any atom is 0.407 e. The average Bonchev–Trinajstić information content (AvgIpc) is 3.17. The van der Waals surface area contributed by atoms with Crippen LogP contribution in [0, 0.1) is 5.92 Å². The van der Waals surface area contributed by atoms with Crippen molar-refractivity contribution in [3.8, 4) is 11.1 Å². The van der Waals surface area contributed by atoms with Gasteiger partial charge in [-0.05, 0) is 55.4 Å². The second kappa shape index (κ2) is 12.6. The highest BCUT2D eigenvalue weighted by molar-refractivity contribution is 5.90. The van der Waals surface area contributed by atoms with Crippen molar-refractivity contribution in [1.82, 2.24) is 16.0 Å². The Morgan fingerprint density at radius 3 is 1.95 bits per heavy atom. The fraction of sp³-hybridized carbons (Fsp3) is 0.448. The highest BCUT2D eigenvalue weighted by atomic mass is 16.6. The molecule has 1 aliphatic carbocycles. The molecule has 210 valence electrons. The Hall–Kier alpha value is -4.08. The Bertz CT molecular complexity index is 1160. The van der Waals surface area contributed by atoms with Crippen LogP contribution in [0.1, 0.15) is 58.1 Å². The molecule has 10 heteroatoms. The first-order valence-electron chi connectivity index (χ1n) is 13.0. The summed E-state index contributed by atoms with van der Waals surface area (Å²) in [5.41, 5.74) is 3.45. The van der Waals surface area contributed by atoms with Crippen molar-refractivity contribution in [3.63, 3.8) is 0 Å². The van der Waals surface area contributed by atoms with Crippen molar-refractivity contribution in [1.29, 1.82) is 0 Å². The van der Waals surface area contributed by atoms with Gasteiger partial charge in [0.1, 0.15) is 24.3 Å². The first-order chi connectivity index (χ1) is 18.4. The van der Waals surface area contributed by atoms with E-state index in [-0.39, 0.29) is 31.4 Å². The summed E-state index contributed by atoms with van der Waals surface area (Å²) in [5, 5.41) is 16.9. The van der Waals surface area contributed by atoms with Gasteiger partial charge < -0.3 is 30.5 Å². The van der Waals surface area contributed by atoms with Crippen molar-refractivity contribution in [2.75, 3.05) is 13.2 Å². The number of carbonyl (C=O) groups excluding carboxylic acids is 3. The van der Waals surface area contributed by atoms with E-state index in [1.54, 1.807) is 20.8 Å². The van der Waals surface area contributed by atoms with E-state index >= 15 is 0 Å². The second-order valence-electron chi connectivity index (χ2n) is 10.9. The van der Waals surface area contributed by atoms with Gasteiger partial charge in [-0.2, -0.15) is 0 Å². The zero-order valence-electron chi connectivity index (χ0n) is 22.9. The van der Waals surface area contributed by atoms with E-state index in [2.05, 4.69) is 16.0 Å². The number of alkyl carbamates (subject to hydrolysis) is 2. The molecule has 0 radical (unpaired) electrons. The number of hydrogen-bond acceptors (Lipinski definition) is 6. The summed E-state index contributed by atoms with van der Waals surface area (Å²) in [7, 11) is 0. The first kappa shape index (κ1) is 29.5. The molecule has 0 heterocycles. The number of carboxylic acid groups (broad SMARTS) is 1. The third-order valence-electron chi connectivity index (χ3n) is 6.12. The van der Waals surface area contributed by atoms with Gasteiger partial charge in [0.2, 0.25) is 5.91 Å². The van der Waals surface area contributed by atoms with E-state index in [1.165, 1.54) is 0 Å². The number of carboxylic acids is 1. The summed E-state index contributed by atoms with van der Waals surface area (Å²) < 4.78 is 10.7. The molecule has 0 fully saturated rings. The normalized spacial score (nSPS) is 14.0. The lowest BCUT2D eigenvalue weighted by atomic mass is 9.98. The summed E-state index contributed by atoms with van der Waals surface area (Å²) in [6, 6.07) is 13.3. The van der Waals surface area contributed by atoms with Crippen molar-refractivity contribution >= 4 is 24.1 Å². The standard InChI is InChI=1S/C29H37N3O7/c1-17(2)14-23(26(34)35)31-25(33)24(15-30-27(36)39-29(3,4)5)32-28(37)38-16-22-20-12-8-6-10-18(20)19-11-7-9-13-21(19)22/h6-13,17,22-24H,14-16H2,1-5H3,(H,30,36)(H,31,33)(H,32,37)(H,34,35). The topological polar surface area (TPSA) is 143 Å². The number of hydrogen-bond donors (Lipinski definition) is 4. The molecule has 3 amide bonds. The average molecular weight is 540 g/mol. The molecule has 39 heavy (non-hydrogen) atoms. The molecule has 2 aromatic rings. The van der Waals surface area contributed by atoms with Gasteiger partial charge >= 0.3 is 18.2 Å². The molecule has 1 aliphatic rings. The highest BCUT2D eigenvalue weighted by Crippen LogP contribution is 2.44. The first-order valence-corrected chi connectivity index (χ1v) is 13.0. The minimum atomic E-state index is -1.30. The van der Waals surface area contributed by atoms with E-state index in [4.69, 9.17) is 9.47 Å². The molecule has 0 saturated heterocycles. The lowest BCUT2D eigenvalue weighted by Crippen LogP contribution is -2.56. The van der Waals surface area contributed by atoms with E-state index in [0.717, 1.165) is 22.3 Å². The van der Waals surface area contributed by atoms with Gasteiger partial charge in [0.25, 0.3) is 0 Å². The summed E-state index contributed by atoms with van der Waals surface area (Å²) in [6.45, 7) is 8.42. The number of nitrogens with one attached hydrogen (secondary N) is 3. The SMILES string of the molecule is CC(C)CC(NC(=O)C(CNC(=O)OC(C)(C)C)NC(=O)OCC1c2ccccc2-c2ccccc21)C(=O)O. The van der Waals surface area contributed by atoms with Gasteiger partial charge in [-0.25, -0.2) is 14.4 Å². The Labute approximate surface area is 228 Å². The molecule has 0 bridgehead atoms. The Balaban J connectivity index is 1.69. The number of carbonyl (C=O) groups is 4. The molecular formula is C29H37N3O7. The third kappa shape index (κ3) is 8.20. The van der Waals surface area contributed by atoms with Crippen LogP contribution in [-0.2, 0) is 19.1 Å². The van der Waals surface area contributed by atoms with Crippen LogP contribution < -0.4 is 16.0 Å². The Kier molecular flexibility index (Phi) is 9.56. The number of ether oxygens (including phenoxy) is 2. The molecule has 0 aromatic heterocycles. The maximum atomic E-state index is 13.0. The second-order valence-corrected chi connectivity index (χ2v) is 10.9. The van der Waals surface area contributed by atoms with Gasteiger partial charge in [0, 0.05) is 5.92 Å². The van der Waals surface area contributed by atoms with Crippen LogP contribution in [-0.4, -0.2) is 60.0 Å². The molecule has 3 rings (SSSR count). The molecule has 0 aliphatic heterocycles. The van der Waals surface area contributed by atoms with Crippen molar-refractivity contribution in [2.24, 2.45) is 5.92 Å². The van der Waals surface area contributed by atoms with Crippen LogP contribution in [0.2, 0.25) is 0 Å². The number of amides is 3. The fourth-order valence-corrected chi connectivity index (χ4v) is 4.46. The minimum Gasteiger partial charge on any atom is -0.480 e. The number of fused-ring (bicyclic) bond motifs is 3. The predicted octanol–water partition coefficient (Wildman–Crippen LogP) is 4.03. The molecule has 2 unspecified atom stereocenters. The summed E-state index contributed by atoms with van der Waals surface area (Å²) in [4.78, 5) is 49.7. The zero-order valence-corrected chi connectivity index (χ0v) is 22.9. The maximum absolute atomic E-state index is 13.0. The summed E-state index contributed by atoms with van der Waals surface area (Å²) in [5.74, 6) is -2.15. The van der Waals surface area contributed by atoms with Crippen LogP contribution in [0.3, 0.4) is 0 Å². The van der Waals surface area contributed by atoms with Gasteiger partial charge in [0.15, 0.2) is 0 Å². The van der Waals surface area contributed by atoms with E-state index < -0.39 is 41.7 Å². The predicted molar refractivity (Wildman–Crippen MR) is 145 cm³/mol. The van der Waals surface area contributed by atoms with Crippen molar-refractivity contribution in [2.45, 2.75) is 64.6 Å². The number of aliphatic carboxylic acids is 1. The molecule has 2 atom stereocenters. The van der Waals surface area contributed by atoms with Crippen LogP contribution in [0.15, 0.2) is 48.5 Å². The molecule has 2 aromatic carbocycles. The lowest BCUT2D eigenvalue weighted by Gasteiger charge is -2.24. The number of rotatable bonds is 10. The monoisotopic (exact) mass is 539 g/mol. The van der Waals surface area contributed by atoms with Crippen molar-refractivity contribution in [3.05, 3.63) is 59.7 Å². The Morgan fingerprint density at radius 1 is 0.872 bits per heavy atom. The highest BCUT2D eigenvalue weighted by Gasteiger charge is 2.31. The van der Waals surface area contributed by atoms with Crippen LogP contribution >= 0.6 is 0 Å². The van der Waals surface area contributed by atoms with Crippen LogP contribution in [0.5, 0.6) is 0 Å². The Morgan fingerprint density at radius 2 is 1.44 bits per heavy atom. The van der Waals surface area contributed by atoms with Gasteiger partial charge in [-0.15, -0.1) is 0 Å². The quantitative estimate of drug-likeness (QED) is 0.357. The summed E-state index contributed by atoms with van der Waals surface area (Å²) >= 11 is 0. The van der Waals surface area contributed by atoms with Crippen molar-refractivity contribution < 1.29 is 33.8 Å². The van der Waals surface area contributed by atoms with Crippen LogP contribution in [0.25, 0.3) is 11.1 Å². The number of benzene rings is 2. The third-order valence-corrected chi connectivity index (χ3v) is 6.12. The zero-order chi connectivity index (χ0) is 28.7. The molecule has 4 N–H and O–H groups in total. The van der Waals surface area contributed by atoms with Crippen LogP contribution in [0.4, 0.5) is 9.59 Å².